The monoisotopic (exact) mass is 280 g/mol. The summed E-state index contributed by atoms with van der Waals surface area (Å²) in [5, 5.41) is 5.65. The van der Waals surface area contributed by atoms with E-state index in [0.29, 0.717) is 11.8 Å². The predicted octanol–water partition coefficient (Wildman–Crippen LogP) is 3.15. The molecule has 1 unspecified atom stereocenters. The zero-order valence-electron chi connectivity index (χ0n) is 11.8. The van der Waals surface area contributed by atoms with Crippen molar-refractivity contribution < 1.29 is 4.21 Å². The fourth-order valence-electron chi connectivity index (χ4n) is 3.08. The molecule has 2 N–H and O–H groups in total. The minimum Gasteiger partial charge on any atom is -0.261 e. The van der Waals surface area contributed by atoms with Crippen LogP contribution in [0.5, 0.6) is 0 Å². The molecule has 0 radical (unpaired) electrons. The second-order valence-electron chi connectivity index (χ2n) is 6.17. The van der Waals surface area contributed by atoms with Gasteiger partial charge in [0.05, 0.1) is 15.7 Å². The number of hydrogen-bond acceptors (Lipinski definition) is 2. The Morgan fingerprint density at radius 2 is 2.11 bits per heavy atom. The van der Waals surface area contributed by atoms with E-state index in [9.17, 15) is 4.21 Å². The quantitative estimate of drug-likeness (QED) is 0.900. The van der Waals surface area contributed by atoms with Gasteiger partial charge >= 0.3 is 0 Å². The Morgan fingerprint density at radius 3 is 2.63 bits per heavy atom. The molecule has 1 heterocycles. The average molecular weight is 280 g/mol. The van der Waals surface area contributed by atoms with E-state index >= 15 is 0 Å². The van der Waals surface area contributed by atoms with Crippen LogP contribution < -0.4 is 5.14 Å². The van der Waals surface area contributed by atoms with Crippen molar-refractivity contribution in [2.75, 3.05) is 0 Å². The van der Waals surface area contributed by atoms with Crippen LogP contribution in [0.15, 0.2) is 24.4 Å². The van der Waals surface area contributed by atoms with Gasteiger partial charge in [-0.1, -0.05) is 18.9 Å². The first-order chi connectivity index (χ1) is 9.00. The zero-order chi connectivity index (χ0) is 13.9. The molecule has 0 spiro atoms. The number of nitrogens with two attached hydrogens (primary N) is 1. The molecule has 2 atom stereocenters. The Kier molecular flexibility index (Phi) is 4.74. The van der Waals surface area contributed by atoms with Crippen LogP contribution >= 0.6 is 0 Å². The summed E-state index contributed by atoms with van der Waals surface area (Å²) in [6.45, 7) is 3.99. The standard InChI is InChI=1S/C15H24N2OS/c1-15(2,19(16)18)11-13(12-7-3-4-8-12)14-9-5-6-10-17-14/h5-6,9-10,12-13H,3-4,7-8,11,16H2,1-2H3/t13-,19?/m0/s1. The lowest BCUT2D eigenvalue weighted by Crippen LogP contribution is -2.35. The molecule has 4 heteroatoms. The van der Waals surface area contributed by atoms with Gasteiger partial charge in [0.15, 0.2) is 0 Å². The molecule has 2 rings (SSSR count). The van der Waals surface area contributed by atoms with Crippen molar-refractivity contribution in [2.45, 2.75) is 56.6 Å². The molecule has 0 aromatic carbocycles. The molecule has 0 amide bonds. The molecular formula is C15H24N2OS. The number of nitrogens with zero attached hydrogens (tertiary/aromatic N) is 1. The molecule has 0 saturated heterocycles. The molecule has 1 aliphatic carbocycles. The fraction of sp³-hybridized carbons (Fsp3) is 0.667. The van der Waals surface area contributed by atoms with Gasteiger partial charge in [-0.05, 0) is 51.2 Å². The molecule has 1 saturated carbocycles. The summed E-state index contributed by atoms with van der Waals surface area (Å²) in [5.74, 6) is 1.05. The molecule has 0 bridgehead atoms. The van der Waals surface area contributed by atoms with Crippen LogP contribution in [0.4, 0.5) is 0 Å². The van der Waals surface area contributed by atoms with Gasteiger partial charge in [-0.3, -0.25) is 10.1 Å². The number of rotatable bonds is 5. The summed E-state index contributed by atoms with van der Waals surface area (Å²) in [5.41, 5.74) is 1.13. The average Bonchev–Trinajstić information content (AvgIpc) is 2.90. The SMILES string of the molecule is CC(C)(C[C@H](c1ccccn1)C1CCCC1)S(N)=O. The highest BCUT2D eigenvalue weighted by Gasteiger charge is 2.34. The predicted molar refractivity (Wildman–Crippen MR) is 80.0 cm³/mol. The van der Waals surface area contributed by atoms with Gasteiger partial charge in [-0.25, -0.2) is 4.21 Å². The first-order valence-electron chi connectivity index (χ1n) is 7.08. The lowest BCUT2D eigenvalue weighted by molar-refractivity contribution is 0.373. The third kappa shape index (κ3) is 3.63. The van der Waals surface area contributed by atoms with Crippen molar-refractivity contribution in [2.24, 2.45) is 11.1 Å². The molecule has 1 aliphatic rings. The highest BCUT2D eigenvalue weighted by Crippen LogP contribution is 2.41. The largest absolute Gasteiger partial charge is 0.261 e. The number of hydrogen-bond donors (Lipinski definition) is 1. The van der Waals surface area contributed by atoms with Crippen molar-refractivity contribution >= 4 is 11.0 Å². The van der Waals surface area contributed by atoms with Crippen molar-refractivity contribution in [1.82, 2.24) is 4.98 Å². The number of aromatic nitrogens is 1. The Hall–Kier alpha value is -0.740. The van der Waals surface area contributed by atoms with Crippen LogP contribution in [0.1, 0.15) is 57.6 Å². The Labute approximate surface area is 118 Å². The van der Waals surface area contributed by atoms with Crippen LogP contribution in [0.3, 0.4) is 0 Å². The van der Waals surface area contributed by atoms with Gasteiger partial charge in [0, 0.05) is 17.8 Å². The maximum Gasteiger partial charge on any atom is 0.0945 e. The van der Waals surface area contributed by atoms with E-state index in [1.165, 1.54) is 25.7 Å². The first-order valence-corrected chi connectivity index (χ1v) is 8.29. The van der Waals surface area contributed by atoms with Gasteiger partial charge in [0.25, 0.3) is 0 Å². The third-order valence-corrected chi connectivity index (χ3v) is 5.55. The maximum atomic E-state index is 11.7. The maximum absolute atomic E-state index is 11.7. The molecule has 106 valence electrons. The minimum atomic E-state index is -1.30. The fourth-order valence-corrected chi connectivity index (χ4v) is 3.42. The molecule has 1 aromatic heterocycles. The summed E-state index contributed by atoms with van der Waals surface area (Å²) < 4.78 is 11.4. The van der Waals surface area contributed by atoms with Crippen LogP contribution in [0.2, 0.25) is 0 Å². The van der Waals surface area contributed by atoms with Gasteiger partial charge in [0.2, 0.25) is 0 Å². The molecule has 3 nitrogen and oxygen atoms in total. The highest BCUT2D eigenvalue weighted by molar-refractivity contribution is 7.84. The van der Waals surface area contributed by atoms with Crippen molar-refractivity contribution in [3.05, 3.63) is 30.1 Å². The van der Waals surface area contributed by atoms with Crippen LogP contribution in [0, 0.1) is 5.92 Å². The normalized spacial score (nSPS) is 20.4. The van der Waals surface area contributed by atoms with E-state index in [1.54, 1.807) is 0 Å². The lowest BCUT2D eigenvalue weighted by atomic mass is 9.81. The van der Waals surface area contributed by atoms with E-state index in [0.717, 1.165) is 12.1 Å². The first kappa shape index (κ1) is 14.7. The van der Waals surface area contributed by atoms with Crippen molar-refractivity contribution in [1.29, 1.82) is 0 Å². The van der Waals surface area contributed by atoms with E-state index in [-0.39, 0.29) is 4.75 Å². The highest BCUT2D eigenvalue weighted by atomic mass is 32.2. The topological polar surface area (TPSA) is 56.0 Å². The van der Waals surface area contributed by atoms with Crippen molar-refractivity contribution in [3.8, 4) is 0 Å². The summed E-state index contributed by atoms with van der Waals surface area (Å²) in [7, 11) is -1.30. The number of pyridine rings is 1. The molecule has 19 heavy (non-hydrogen) atoms. The van der Waals surface area contributed by atoms with E-state index in [4.69, 9.17) is 5.14 Å². The van der Waals surface area contributed by atoms with E-state index in [1.807, 2.05) is 32.2 Å². The van der Waals surface area contributed by atoms with E-state index < -0.39 is 11.0 Å². The van der Waals surface area contributed by atoms with E-state index in [2.05, 4.69) is 11.1 Å². The summed E-state index contributed by atoms with van der Waals surface area (Å²) >= 11 is 0. The van der Waals surface area contributed by atoms with Gasteiger partial charge in [0.1, 0.15) is 0 Å². The van der Waals surface area contributed by atoms with Gasteiger partial charge in [-0.2, -0.15) is 0 Å². The van der Waals surface area contributed by atoms with Crippen LogP contribution in [-0.4, -0.2) is 13.9 Å². The smallest absolute Gasteiger partial charge is 0.0945 e. The van der Waals surface area contributed by atoms with Crippen molar-refractivity contribution in [3.63, 3.8) is 0 Å². The second-order valence-corrected chi connectivity index (χ2v) is 7.87. The summed E-state index contributed by atoms with van der Waals surface area (Å²) in [4.78, 5) is 4.53. The van der Waals surface area contributed by atoms with Crippen LogP contribution in [0.25, 0.3) is 0 Å². The molecule has 1 aromatic rings. The Balaban J connectivity index is 2.22. The second kappa shape index (κ2) is 6.14. The van der Waals surface area contributed by atoms with Crippen LogP contribution in [-0.2, 0) is 11.0 Å². The Bertz CT molecular complexity index is 427. The summed E-state index contributed by atoms with van der Waals surface area (Å²) in [6, 6.07) is 6.08. The summed E-state index contributed by atoms with van der Waals surface area (Å²) in [6.07, 6.45) is 7.82. The van der Waals surface area contributed by atoms with Gasteiger partial charge in [-0.15, -0.1) is 0 Å². The molecule has 0 aliphatic heterocycles. The third-order valence-electron chi connectivity index (χ3n) is 4.29. The Morgan fingerprint density at radius 1 is 1.42 bits per heavy atom. The van der Waals surface area contributed by atoms with Gasteiger partial charge < -0.3 is 0 Å². The lowest BCUT2D eigenvalue weighted by Gasteiger charge is -2.30. The molecular weight excluding hydrogens is 256 g/mol. The minimum absolute atomic E-state index is 0.356. The molecule has 1 fully saturated rings. The zero-order valence-corrected chi connectivity index (χ0v) is 12.7.